The van der Waals surface area contributed by atoms with Crippen molar-refractivity contribution < 1.29 is 9.47 Å². The minimum Gasteiger partial charge on any atom is -0.477 e. The minimum atomic E-state index is 0.608. The third kappa shape index (κ3) is 4.02. The lowest BCUT2D eigenvalue weighted by atomic mass is 10.4. The molecule has 5 heteroatoms. The first kappa shape index (κ1) is 12.7. The molecule has 5 nitrogen and oxygen atoms in total. The van der Waals surface area contributed by atoms with E-state index in [1.807, 2.05) is 14.0 Å². The van der Waals surface area contributed by atoms with Crippen molar-refractivity contribution in [3.63, 3.8) is 0 Å². The van der Waals surface area contributed by atoms with Crippen LogP contribution in [0.25, 0.3) is 0 Å². The number of aromatic nitrogens is 2. The number of rotatable bonds is 7. The highest BCUT2D eigenvalue weighted by atomic mass is 16.5. The molecule has 0 saturated heterocycles. The van der Waals surface area contributed by atoms with Crippen LogP contribution in [-0.4, -0.2) is 37.3 Å². The summed E-state index contributed by atoms with van der Waals surface area (Å²) in [6, 6.07) is 1.80. The smallest absolute Gasteiger partial charge is 0.218 e. The van der Waals surface area contributed by atoms with Gasteiger partial charge in [0, 0.05) is 39.7 Å². The Kier molecular flexibility index (Phi) is 5.56. The van der Waals surface area contributed by atoms with Crippen molar-refractivity contribution in [2.75, 3.05) is 32.7 Å². The van der Waals surface area contributed by atoms with Gasteiger partial charge in [-0.2, -0.15) is 4.98 Å². The van der Waals surface area contributed by atoms with Crippen LogP contribution in [-0.2, 0) is 11.2 Å². The number of methoxy groups -OCH3 is 1. The van der Waals surface area contributed by atoms with E-state index >= 15 is 0 Å². The molecule has 0 aliphatic carbocycles. The first-order valence-corrected chi connectivity index (χ1v) is 5.47. The van der Waals surface area contributed by atoms with E-state index in [9.17, 15) is 0 Å². The van der Waals surface area contributed by atoms with Gasteiger partial charge in [-0.25, -0.2) is 4.98 Å². The number of ether oxygens (including phenoxy) is 2. The molecule has 90 valence electrons. The topological polar surface area (TPSA) is 56.3 Å². The van der Waals surface area contributed by atoms with Crippen LogP contribution in [0.4, 0.5) is 5.82 Å². The average molecular weight is 225 g/mol. The van der Waals surface area contributed by atoms with Crippen LogP contribution in [0, 0.1) is 0 Å². The van der Waals surface area contributed by atoms with Crippen molar-refractivity contribution in [1.82, 2.24) is 9.97 Å². The molecule has 0 aliphatic heterocycles. The highest BCUT2D eigenvalue weighted by molar-refractivity contribution is 5.37. The predicted molar refractivity (Wildman–Crippen MR) is 62.9 cm³/mol. The normalized spacial score (nSPS) is 10.2. The van der Waals surface area contributed by atoms with Gasteiger partial charge < -0.3 is 14.8 Å². The fraction of sp³-hybridized carbons (Fsp3) is 0.636. The van der Waals surface area contributed by atoms with E-state index in [2.05, 4.69) is 15.3 Å². The number of nitrogens with zero attached hydrogens (tertiary/aromatic N) is 2. The standard InChI is InChI=1S/C11H19N3O2/c1-4-9-13-10(12-2)8-11(14-9)16-7-5-6-15-3/h8H,4-7H2,1-3H3,(H,12,13,14). The molecule has 16 heavy (non-hydrogen) atoms. The zero-order valence-electron chi connectivity index (χ0n) is 10.1. The molecule has 0 aromatic carbocycles. The van der Waals surface area contributed by atoms with Gasteiger partial charge >= 0.3 is 0 Å². The summed E-state index contributed by atoms with van der Waals surface area (Å²) in [5.74, 6) is 2.19. The molecule has 1 rings (SSSR count). The molecule has 0 unspecified atom stereocenters. The lowest BCUT2D eigenvalue weighted by Crippen LogP contribution is -2.06. The fourth-order valence-corrected chi connectivity index (χ4v) is 1.21. The van der Waals surface area contributed by atoms with Gasteiger partial charge in [-0.3, -0.25) is 0 Å². The molecular formula is C11H19N3O2. The average Bonchev–Trinajstić information content (AvgIpc) is 2.34. The summed E-state index contributed by atoms with van der Waals surface area (Å²) in [6.07, 6.45) is 1.65. The third-order valence-electron chi connectivity index (χ3n) is 2.06. The van der Waals surface area contributed by atoms with Gasteiger partial charge in [-0.1, -0.05) is 6.92 Å². The maximum Gasteiger partial charge on any atom is 0.218 e. The molecule has 1 aromatic heterocycles. The summed E-state index contributed by atoms with van der Waals surface area (Å²) in [5.41, 5.74) is 0. The number of aryl methyl sites for hydroxylation is 1. The van der Waals surface area contributed by atoms with Gasteiger partial charge in [0.05, 0.1) is 6.61 Å². The Bertz CT molecular complexity index is 296. The Hall–Kier alpha value is -1.36. The third-order valence-corrected chi connectivity index (χ3v) is 2.06. The highest BCUT2D eigenvalue weighted by Gasteiger charge is 2.03. The molecule has 0 atom stereocenters. The maximum absolute atomic E-state index is 5.52. The quantitative estimate of drug-likeness (QED) is 0.713. The number of anilines is 1. The fourth-order valence-electron chi connectivity index (χ4n) is 1.21. The molecule has 0 bridgehead atoms. The van der Waals surface area contributed by atoms with Crippen LogP contribution in [0.2, 0.25) is 0 Å². The van der Waals surface area contributed by atoms with Crippen molar-refractivity contribution in [3.8, 4) is 5.88 Å². The summed E-state index contributed by atoms with van der Waals surface area (Å²) in [5, 5.41) is 2.99. The minimum absolute atomic E-state index is 0.608. The summed E-state index contributed by atoms with van der Waals surface area (Å²) in [6.45, 7) is 3.32. The molecule has 1 heterocycles. The zero-order chi connectivity index (χ0) is 11.8. The molecule has 0 aliphatic rings. The van der Waals surface area contributed by atoms with Crippen LogP contribution in [0.1, 0.15) is 19.2 Å². The largest absolute Gasteiger partial charge is 0.477 e. The maximum atomic E-state index is 5.52. The molecule has 0 fully saturated rings. The Labute approximate surface area is 96.2 Å². The Morgan fingerprint density at radius 1 is 1.31 bits per heavy atom. The molecule has 0 radical (unpaired) electrons. The molecule has 1 N–H and O–H groups in total. The first-order valence-electron chi connectivity index (χ1n) is 5.47. The van der Waals surface area contributed by atoms with E-state index < -0.39 is 0 Å². The summed E-state index contributed by atoms with van der Waals surface area (Å²) in [7, 11) is 3.51. The van der Waals surface area contributed by atoms with Crippen molar-refractivity contribution in [2.24, 2.45) is 0 Å². The van der Waals surface area contributed by atoms with Crippen molar-refractivity contribution >= 4 is 5.82 Å². The lowest BCUT2D eigenvalue weighted by Gasteiger charge is -2.08. The second-order valence-electron chi connectivity index (χ2n) is 3.31. The van der Waals surface area contributed by atoms with Crippen molar-refractivity contribution in [1.29, 1.82) is 0 Å². The van der Waals surface area contributed by atoms with E-state index in [1.165, 1.54) is 0 Å². The van der Waals surface area contributed by atoms with Gasteiger partial charge in [-0.05, 0) is 0 Å². The SMILES string of the molecule is CCc1nc(NC)cc(OCCCOC)n1. The van der Waals surface area contributed by atoms with E-state index in [-0.39, 0.29) is 0 Å². The highest BCUT2D eigenvalue weighted by Crippen LogP contribution is 2.13. The van der Waals surface area contributed by atoms with Gasteiger partial charge in [0.15, 0.2) is 0 Å². The molecule has 1 aromatic rings. The monoisotopic (exact) mass is 225 g/mol. The predicted octanol–water partition coefficient (Wildman–Crippen LogP) is 1.50. The second kappa shape index (κ2) is 7.00. The number of hydrogen-bond acceptors (Lipinski definition) is 5. The van der Waals surface area contributed by atoms with E-state index in [1.54, 1.807) is 13.2 Å². The Balaban J connectivity index is 2.57. The first-order chi connectivity index (χ1) is 7.80. The van der Waals surface area contributed by atoms with Crippen LogP contribution < -0.4 is 10.1 Å². The molecule has 0 amide bonds. The van der Waals surface area contributed by atoms with E-state index in [0.717, 1.165) is 24.5 Å². The van der Waals surface area contributed by atoms with Crippen molar-refractivity contribution in [2.45, 2.75) is 19.8 Å². The van der Waals surface area contributed by atoms with Crippen LogP contribution >= 0.6 is 0 Å². The van der Waals surface area contributed by atoms with E-state index in [4.69, 9.17) is 9.47 Å². The summed E-state index contributed by atoms with van der Waals surface area (Å²) < 4.78 is 10.5. The van der Waals surface area contributed by atoms with Crippen LogP contribution in [0.3, 0.4) is 0 Å². The number of hydrogen-bond donors (Lipinski definition) is 1. The lowest BCUT2D eigenvalue weighted by molar-refractivity contribution is 0.170. The second-order valence-corrected chi connectivity index (χ2v) is 3.31. The molecule has 0 saturated carbocycles. The van der Waals surface area contributed by atoms with Crippen LogP contribution in [0.5, 0.6) is 5.88 Å². The van der Waals surface area contributed by atoms with Gasteiger partial charge in [0.1, 0.15) is 11.6 Å². The van der Waals surface area contributed by atoms with Crippen molar-refractivity contribution in [3.05, 3.63) is 11.9 Å². The number of nitrogens with one attached hydrogen (secondary N) is 1. The van der Waals surface area contributed by atoms with E-state index in [0.29, 0.717) is 19.1 Å². The van der Waals surface area contributed by atoms with Crippen LogP contribution in [0.15, 0.2) is 6.07 Å². The summed E-state index contributed by atoms with van der Waals surface area (Å²) >= 11 is 0. The summed E-state index contributed by atoms with van der Waals surface area (Å²) in [4.78, 5) is 8.57. The molecule has 0 spiro atoms. The van der Waals surface area contributed by atoms with Gasteiger partial charge in [0.25, 0.3) is 0 Å². The molecular weight excluding hydrogens is 206 g/mol. The zero-order valence-corrected chi connectivity index (χ0v) is 10.1. The Morgan fingerprint density at radius 2 is 2.12 bits per heavy atom. The van der Waals surface area contributed by atoms with Gasteiger partial charge in [-0.15, -0.1) is 0 Å². The Morgan fingerprint density at radius 3 is 2.75 bits per heavy atom. The van der Waals surface area contributed by atoms with Gasteiger partial charge in [0.2, 0.25) is 5.88 Å².